The van der Waals surface area contributed by atoms with Crippen molar-refractivity contribution in [2.45, 2.75) is 18.2 Å². The maximum absolute atomic E-state index is 11.8. The summed E-state index contributed by atoms with van der Waals surface area (Å²) in [5.41, 5.74) is 1.36. The minimum atomic E-state index is -3.71. The van der Waals surface area contributed by atoms with Gasteiger partial charge < -0.3 is 10.6 Å². The molecule has 2 rings (SSSR count). The summed E-state index contributed by atoms with van der Waals surface area (Å²) in [5, 5.41) is 16.9. The van der Waals surface area contributed by atoms with Crippen LogP contribution in [0.15, 0.2) is 47.4 Å². The van der Waals surface area contributed by atoms with Gasteiger partial charge in [-0.05, 0) is 36.2 Å². The van der Waals surface area contributed by atoms with Crippen LogP contribution in [0.4, 0.5) is 17.1 Å². The molecule has 0 aromatic heterocycles. The quantitative estimate of drug-likeness (QED) is 0.565. The van der Waals surface area contributed by atoms with Crippen LogP contribution in [0.1, 0.15) is 12.5 Å². The molecule has 0 bridgehead atoms. The number of carbonyl (C=O) groups is 1. The number of rotatable bonds is 7. The SMILES string of the molecule is CC(=O)Nc1ccc(CCNc2cccc(S(C)(=O)=O)c2[N+](=O)[O-])cc1. The van der Waals surface area contributed by atoms with Crippen molar-refractivity contribution in [3.8, 4) is 0 Å². The van der Waals surface area contributed by atoms with E-state index in [2.05, 4.69) is 10.6 Å². The van der Waals surface area contributed by atoms with Gasteiger partial charge in [-0.15, -0.1) is 0 Å². The van der Waals surface area contributed by atoms with E-state index in [1.807, 2.05) is 12.1 Å². The summed E-state index contributed by atoms with van der Waals surface area (Å²) in [6.45, 7) is 1.81. The molecule has 1 amide bonds. The Kier molecular flexibility index (Phi) is 5.93. The number of nitro groups is 1. The van der Waals surface area contributed by atoms with Gasteiger partial charge in [-0.25, -0.2) is 8.42 Å². The highest BCUT2D eigenvalue weighted by atomic mass is 32.2. The Morgan fingerprint density at radius 2 is 1.81 bits per heavy atom. The average Bonchev–Trinajstić information content (AvgIpc) is 2.54. The Bertz CT molecular complexity index is 924. The zero-order valence-electron chi connectivity index (χ0n) is 14.4. The van der Waals surface area contributed by atoms with Crippen LogP contribution in [0.3, 0.4) is 0 Å². The number of carbonyl (C=O) groups excluding carboxylic acids is 1. The van der Waals surface area contributed by atoms with Crippen LogP contribution in [-0.4, -0.2) is 32.0 Å². The normalized spacial score (nSPS) is 11.0. The molecular formula is C17H19N3O5S. The van der Waals surface area contributed by atoms with Crippen molar-refractivity contribution in [1.82, 2.24) is 0 Å². The Morgan fingerprint density at radius 1 is 1.15 bits per heavy atom. The number of hydrogen-bond donors (Lipinski definition) is 2. The highest BCUT2D eigenvalue weighted by Gasteiger charge is 2.25. The number of hydrogen-bond acceptors (Lipinski definition) is 6. The van der Waals surface area contributed by atoms with Gasteiger partial charge in [0.25, 0.3) is 0 Å². The molecule has 0 saturated carbocycles. The monoisotopic (exact) mass is 377 g/mol. The molecule has 0 spiro atoms. The van der Waals surface area contributed by atoms with E-state index in [4.69, 9.17) is 0 Å². The predicted octanol–water partition coefficient (Wildman–Crippen LogP) is 2.61. The molecule has 0 radical (unpaired) electrons. The van der Waals surface area contributed by atoms with Crippen LogP contribution in [0.25, 0.3) is 0 Å². The minimum Gasteiger partial charge on any atom is -0.379 e. The number of amides is 1. The first-order valence-electron chi connectivity index (χ1n) is 7.76. The summed E-state index contributed by atoms with van der Waals surface area (Å²) in [7, 11) is -3.71. The van der Waals surface area contributed by atoms with Gasteiger partial charge in [0.15, 0.2) is 9.84 Å². The summed E-state index contributed by atoms with van der Waals surface area (Å²) >= 11 is 0. The van der Waals surface area contributed by atoms with E-state index < -0.39 is 20.4 Å². The second kappa shape index (κ2) is 7.96. The van der Waals surface area contributed by atoms with Crippen molar-refractivity contribution in [3.05, 3.63) is 58.1 Å². The zero-order valence-corrected chi connectivity index (χ0v) is 15.2. The Hall–Kier alpha value is -2.94. The summed E-state index contributed by atoms with van der Waals surface area (Å²) in [4.78, 5) is 21.3. The second-order valence-electron chi connectivity index (χ2n) is 5.74. The lowest BCUT2D eigenvalue weighted by Gasteiger charge is -2.10. The number of nitrogens with one attached hydrogen (secondary N) is 2. The molecule has 0 fully saturated rings. The smallest absolute Gasteiger partial charge is 0.310 e. The number of sulfone groups is 1. The van der Waals surface area contributed by atoms with Gasteiger partial charge in [0.2, 0.25) is 5.91 Å². The van der Waals surface area contributed by atoms with E-state index in [9.17, 15) is 23.3 Å². The van der Waals surface area contributed by atoms with Crippen molar-refractivity contribution in [2.24, 2.45) is 0 Å². The topological polar surface area (TPSA) is 118 Å². The van der Waals surface area contributed by atoms with Crippen LogP contribution in [0.5, 0.6) is 0 Å². The van der Waals surface area contributed by atoms with E-state index in [-0.39, 0.29) is 16.5 Å². The van der Waals surface area contributed by atoms with Crippen molar-refractivity contribution in [1.29, 1.82) is 0 Å². The minimum absolute atomic E-state index is 0.155. The molecular weight excluding hydrogens is 358 g/mol. The van der Waals surface area contributed by atoms with Gasteiger partial charge in [0.05, 0.1) is 4.92 Å². The summed E-state index contributed by atoms with van der Waals surface area (Å²) < 4.78 is 23.5. The van der Waals surface area contributed by atoms with Crippen molar-refractivity contribution in [2.75, 3.05) is 23.4 Å². The average molecular weight is 377 g/mol. The second-order valence-corrected chi connectivity index (χ2v) is 7.72. The number of nitro benzene ring substituents is 1. The van der Waals surface area contributed by atoms with Crippen molar-refractivity contribution in [3.63, 3.8) is 0 Å². The molecule has 2 aromatic rings. The van der Waals surface area contributed by atoms with E-state index in [1.54, 1.807) is 12.1 Å². The number of benzene rings is 2. The first-order valence-corrected chi connectivity index (χ1v) is 9.65. The Morgan fingerprint density at radius 3 is 2.35 bits per heavy atom. The fourth-order valence-electron chi connectivity index (χ4n) is 2.45. The van der Waals surface area contributed by atoms with Crippen LogP contribution in [0.2, 0.25) is 0 Å². The zero-order chi connectivity index (χ0) is 19.3. The van der Waals surface area contributed by atoms with Gasteiger partial charge >= 0.3 is 5.69 Å². The lowest BCUT2D eigenvalue weighted by Crippen LogP contribution is -2.10. The van der Waals surface area contributed by atoms with Gasteiger partial charge in [-0.2, -0.15) is 0 Å². The molecule has 0 unspecified atom stereocenters. The molecule has 0 aliphatic rings. The first kappa shape index (κ1) is 19.4. The molecule has 0 aliphatic carbocycles. The maximum Gasteiger partial charge on any atom is 0.310 e. The molecule has 0 aliphatic heterocycles. The third kappa shape index (κ3) is 5.03. The Labute approximate surface area is 151 Å². The predicted molar refractivity (Wildman–Crippen MR) is 99.1 cm³/mol. The highest BCUT2D eigenvalue weighted by Crippen LogP contribution is 2.31. The third-order valence-corrected chi connectivity index (χ3v) is 4.71. The van der Waals surface area contributed by atoms with Crippen LogP contribution < -0.4 is 10.6 Å². The maximum atomic E-state index is 11.8. The number of nitrogens with zero attached hydrogens (tertiary/aromatic N) is 1. The highest BCUT2D eigenvalue weighted by molar-refractivity contribution is 7.90. The molecule has 2 N–H and O–H groups in total. The Balaban J connectivity index is 2.10. The van der Waals surface area contributed by atoms with Crippen molar-refractivity contribution < 1.29 is 18.1 Å². The number of para-hydroxylation sites is 1. The number of anilines is 2. The molecule has 0 saturated heterocycles. The van der Waals surface area contributed by atoms with E-state index in [1.165, 1.54) is 25.1 Å². The fourth-order valence-corrected chi connectivity index (χ4v) is 3.31. The van der Waals surface area contributed by atoms with E-state index >= 15 is 0 Å². The van der Waals surface area contributed by atoms with Gasteiger partial charge in [-0.3, -0.25) is 14.9 Å². The largest absolute Gasteiger partial charge is 0.379 e. The van der Waals surface area contributed by atoms with E-state index in [0.717, 1.165) is 11.8 Å². The lowest BCUT2D eigenvalue weighted by atomic mass is 10.1. The first-order chi connectivity index (χ1) is 12.2. The van der Waals surface area contributed by atoms with Crippen LogP contribution in [-0.2, 0) is 21.1 Å². The van der Waals surface area contributed by atoms with Crippen LogP contribution >= 0.6 is 0 Å². The van der Waals surface area contributed by atoms with E-state index in [0.29, 0.717) is 18.7 Å². The molecule has 26 heavy (non-hydrogen) atoms. The summed E-state index contributed by atoms with van der Waals surface area (Å²) in [5.74, 6) is -0.155. The summed E-state index contributed by atoms with van der Waals surface area (Å²) in [6, 6.07) is 11.4. The lowest BCUT2D eigenvalue weighted by molar-refractivity contribution is -0.386. The van der Waals surface area contributed by atoms with Gasteiger partial charge in [-0.1, -0.05) is 18.2 Å². The van der Waals surface area contributed by atoms with Crippen molar-refractivity contribution >= 4 is 32.8 Å². The molecule has 0 heterocycles. The molecule has 138 valence electrons. The fraction of sp³-hybridized carbons (Fsp3) is 0.235. The van der Waals surface area contributed by atoms with Gasteiger partial charge in [0.1, 0.15) is 10.6 Å². The standard InChI is InChI=1S/C17H19N3O5S/c1-12(21)19-14-8-6-13(7-9-14)10-11-18-15-4-3-5-16(26(2,24)25)17(15)20(22)23/h3-9,18H,10-11H2,1-2H3,(H,19,21). The molecule has 2 aromatic carbocycles. The van der Waals surface area contributed by atoms with Crippen LogP contribution in [0, 0.1) is 10.1 Å². The molecule has 0 atom stereocenters. The molecule has 9 heteroatoms. The molecule has 8 nitrogen and oxygen atoms in total. The third-order valence-electron chi connectivity index (χ3n) is 3.58. The van der Waals surface area contributed by atoms with Gasteiger partial charge in [0, 0.05) is 25.4 Å². The summed E-state index contributed by atoms with van der Waals surface area (Å²) in [6.07, 6.45) is 1.51.